The minimum Gasteiger partial charge on any atom is -0.396 e. The van der Waals surface area contributed by atoms with Gasteiger partial charge in [-0.15, -0.1) is 0 Å². The summed E-state index contributed by atoms with van der Waals surface area (Å²) in [4.78, 5) is 16.2. The smallest absolute Gasteiger partial charge is 0.253 e. The number of nitrogens with one attached hydrogen (secondary N) is 1. The second-order valence-corrected chi connectivity index (χ2v) is 4.59. The van der Waals surface area contributed by atoms with Crippen molar-refractivity contribution in [1.29, 1.82) is 0 Å². The van der Waals surface area contributed by atoms with E-state index in [1.807, 2.05) is 6.92 Å². The van der Waals surface area contributed by atoms with Gasteiger partial charge >= 0.3 is 0 Å². The third-order valence-electron chi connectivity index (χ3n) is 3.46. The standard InChI is InChI=1S/C13H18N2O2/c1-9-11(5-3-7-14-9)13(17)15-12-6-2-4-10(12)8-16/h3,5,7,10,12,16H,2,4,6,8H2,1H3,(H,15,17). The van der Waals surface area contributed by atoms with Gasteiger partial charge in [0.05, 0.1) is 5.56 Å². The summed E-state index contributed by atoms with van der Waals surface area (Å²) in [6, 6.07) is 3.65. The van der Waals surface area contributed by atoms with Crippen LogP contribution in [-0.4, -0.2) is 28.6 Å². The summed E-state index contributed by atoms with van der Waals surface area (Å²) >= 11 is 0. The molecule has 2 N–H and O–H groups in total. The topological polar surface area (TPSA) is 62.2 Å². The summed E-state index contributed by atoms with van der Waals surface area (Å²) in [7, 11) is 0. The third-order valence-corrected chi connectivity index (χ3v) is 3.46. The van der Waals surface area contributed by atoms with E-state index in [9.17, 15) is 9.90 Å². The van der Waals surface area contributed by atoms with Gasteiger partial charge in [-0.3, -0.25) is 9.78 Å². The van der Waals surface area contributed by atoms with Gasteiger partial charge in [-0.2, -0.15) is 0 Å². The fourth-order valence-electron chi connectivity index (χ4n) is 2.42. The largest absolute Gasteiger partial charge is 0.396 e. The molecule has 2 unspecified atom stereocenters. The van der Waals surface area contributed by atoms with Crippen molar-refractivity contribution < 1.29 is 9.90 Å². The highest BCUT2D eigenvalue weighted by molar-refractivity contribution is 5.95. The summed E-state index contributed by atoms with van der Waals surface area (Å²) in [5.41, 5.74) is 1.36. The van der Waals surface area contributed by atoms with Crippen molar-refractivity contribution in [3.05, 3.63) is 29.6 Å². The molecule has 1 fully saturated rings. The van der Waals surface area contributed by atoms with Gasteiger partial charge in [0.1, 0.15) is 0 Å². The molecule has 4 heteroatoms. The molecule has 4 nitrogen and oxygen atoms in total. The number of aryl methyl sites for hydroxylation is 1. The average molecular weight is 234 g/mol. The van der Waals surface area contributed by atoms with Crippen molar-refractivity contribution in [3.63, 3.8) is 0 Å². The van der Waals surface area contributed by atoms with Crippen molar-refractivity contribution in [2.75, 3.05) is 6.61 Å². The molecule has 1 aliphatic carbocycles. The Hall–Kier alpha value is -1.42. The van der Waals surface area contributed by atoms with E-state index in [2.05, 4.69) is 10.3 Å². The lowest BCUT2D eigenvalue weighted by Crippen LogP contribution is -2.38. The molecule has 1 saturated carbocycles. The van der Waals surface area contributed by atoms with E-state index in [-0.39, 0.29) is 24.5 Å². The Morgan fingerprint density at radius 2 is 2.41 bits per heavy atom. The van der Waals surface area contributed by atoms with Crippen LogP contribution in [0.5, 0.6) is 0 Å². The number of hydrogen-bond donors (Lipinski definition) is 2. The highest BCUT2D eigenvalue weighted by Gasteiger charge is 2.28. The second kappa shape index (κ2) is 5.27. The summed E-state index contributed by atoms with van der Waals surface area (Å²) < 4.78 is 0. The molecule has 0 saturated heterocycles. The number of amides is 1. The molecule has 1 aromatic heterocycles. The summed E-state index contributed by atoms with van der Waals surface area (Å²) in [6.45, 7) is 1.98. The fourth-order valence-corrected chi connectivity index (χ4v) is 2.42. The Morgan fingerprint density at radius 1 is 1.59 bits per heavy atom. The van der Waals surface area contributed by atoms with Gasteiger partial charge in [0, 0.05) is 30.5 Å². The van der Waals surface area contributed by atoms with Crippen molar-refractivity contribution in [2.45, 2.75) is 32.2 Å². The molecule has 92 valence electrons. The number of aliphatic hydroxyl groups excluding tert-OH is 1. The van der Waals surface area contributed by atoms with E-state index in [0.29, 0.717) is 5.56 Å². The molecule has 0 spiro atoms. The van der Waals surface area contributed by atoms with Crippen molar-refractivity contribution in [3.8, 4) is 0 Å². The first-order valence-electron chi connectivity index (χ1n) is 6.05. The van der Waals surface area contributed by atoms with Crippen LogP contribution in [0.15, 0.2) is 18.3 Å². The molecule has 2 rings (SSSR count). The molecule has 17 heavy (non-hydrogen) atoms. The van der Waals surface area contributed by atoms with Gasteiger partial charge in [-0.25, -0.2) is 0 Å². The molecule has 0 radical (unpaired) electrons. The first kappa shape index (κ1) is 12.0. The fraction of sp³-hybridized carbons (Fsp3) is 0.538. The maximum atomic E-state index is 12.1. The predicted molar refractivity (Wildman–Crippen MR) is 64.7 cm³/mol. The monoisotopic (exact) mass is 234 g/mol. The Bertz CT molecular complexity index is 406. The van der Waals surface area contributed by atoms with Gasteiger partial charge < -0.3 is 10.4 Å². The summed E-state index contributed by atoms with van der Waals surface area (Å²) in [5, 5.41) is 12.2. The minimum atomic E-state index is -0.0825. The number of aliphatic hydroxyl groups is 1. The molecule has 1 aromatic rings. The number of carbonyl (C=O) groups is 1. The maximum absolute atomic E-state index is 12.1. The molecule has 2 atom stereocenters. The van der Waals surface area contributed by atoms with Crippen LogP contribution in [0.4, 0.5) is 0 Å². The highest BCUT2D eigenvalue weighted by Crippen LogP contribution is 2.25. The number of hydrogen-bond acceptors (Lipinski definition) is 3. The quantitative estimate of drug-likeness (QED) is 0.828. The van der Waals surface area contributed by atoms with Crippen LogP contribution in [0, 0.1) is 12.8 Å². The number of aromatic nitrogens is 1. The van der Waals surface area contributed by atoms with Crippen molar-refractivity contribution in [2.24, 2.45) is 5.92 Å². The van der Waals surface area contributed by atoms with Gasteiger partial charge in [0.15, 0.2) is 0 Å². The second-order valence-electron chi connectivity index (χ2n) is 4.59. The molecule has 0 aromatic carbocycles. The molecular weight excluding hydrogens is 216 g/mol. The molecule has 0 aliphatic heterocycles. The zero-order valence-corrected chi connectivity index (χ0v) is 10.0. The van der Waals surface area contributed by atoms with Crippen LogP contribution in [0.1, 0.15) is 35.3 Å². The maximum Gasteiger partial charge on any atom is 0.253 e. The van der Waals surface area contributed by atoms with Crippen LogP contribution in [-0.2, 0) is 0 Å². The first-order chi connectivity index (χ1) is 8.22. The number of pyridine rings is 1. The Morgan fingerprint density at radius 3 is 3.12 bits per heavy atom. The number of nitrogens with zero attached hydrogens (tertiary/aromatic N) is 1. The SMILES string of the molecule is Cc1ncccc1C(=O)NC1CCCC1CO. The van der Waals surface area contributed by atoms with Crippen molar-refractivity contribution >= 4 is 5.91 Å². The Balaban J connectivity index is 2.04. The van der Waals surface area contributed by atoms with E-state index >= 15 is 0 Å². The Kier molecular flexibility index (Phi) is 3.74. The number of carbonyl (C=O) groups excluding carboxylic acids is 1. The zero-order chi connectivity index (χ0) is 12.3. The van der Waals surface area contributed by atoms with Crippen LogP contribution >= 0.6 is 0 Å². The van der Waals surface area contributed by atoms with Crippen LogP contribution in [0.25, 0.3) is 0 Å². The van der Waals surface area contributed by atoms with Crippen molar-refractivity contribution in [1.82, 2.24) is 10.3 Å². The summed E-state index contributed by atoms with van der Waals surface area (Å²) in [6.07, 6.45) is 4.70. The first-order valence-corrected chi connectivity index (χ1v) is 6.05. The molecular formula is C13H18N2O2. The van der Waals surface area contributed by atoms with Gasteiger partial charge in [0.25, 0.3) is 5.91 Å². The predicted octanol–water partition coefficient (Wildman–Crippen LogP) is 1.28. The number of rotatable bonds is 3. The van der Waals surface area contributed by atoms with Gasteiger partial charge in [-0.05, 0) is 31.9 Å². The van der Waals surface area contributed by atoms with Gasteiger partial charge in [0.2, 0.25) is 0 Å². The van der Waals surface area contributed by atoms with E-state index in [1.165, 1.54) is 0 Å². The summed E-state index contributed by atoms with van der Waals surface area (Å²) in [5.74, 6) is 0.122. The molecule has 1 heterocycles. The molecule has 1 aliphatic rings. The van der Waals surface area contributed by atoms with E-state index < -0.39 is 0 Å². The van der Waals surface area contributed by atoms with E-state index in [0.717, 1.165) is 25.0 Å². The lowest BCUT2D eigenvalue weighted by Gasteiger charge is -2.19. The Labute approximate surface area is 101 Å². The molecule has 1 amide bonds. The minimum absolute atomic E-state index is 0.0825. The third kappa shape index (κ3) is 2.64. The van der Waals surface area contributed by atoms with Gasteiger partial charge in [-0.1, -0.05) is 6.42 Å². The van der Waals surface area contributed by atoms with Crippen LogP contribution < -0.4 is 5.32 Å². The average Bonchev–Trinajstić information content (AvgIpc) is 2.76. The zero-order valence-electron chi connectivity index (χ0n) is 10.0. The normalized spacial score (nSPS) is 23.6. The van der Waals surface area contributed by atoms with Crippen LogP contribution in [0.2, 0.25) is 0 Å². The lowest BCUT2D eigenvalue weighted by molar-refractivity contribution is 0.0915. The molecule has 0 bridgehead atoms. The van der Waals surface area contributed by atoms with E-state index in [4.69, 9.17) is 0 Å². The highest BCUT2D eigenvalue weighted by atomic mass is 16.3. The van der Waals surface area contributed by atoms with E-state index in [1.54, 1.807) is 18.3 Å². The lowest BCUT2D eigenvalue weighted by atomic mass is 10.0. The van der Waals surface area contributed by atoms with Crippen LogP contribution in [0.3, 0.4) is 0 Å².